The molecular weight excluding hydrogens is 336 g/mol. The number of sulfone groups is 1. The fourth-order valence-corrected chi connectivity index (χ4v) is 2.53. The van der Waals surface area contributed by atoms with Crippen LogP contribution in [0.3, 0.4) is 0 Å². The number of carbonyl (C=O) groups is 1. The zero-order valence-corrected chi connectivity index (χ0v) is 12.1. The van der Waals surface area contributed by atoms with E-state index in [0.717, 1.165) is 6.26 Å². The standard InChI is InChI=1S/C11H9BrN2O4S/c1-19(17,18)8-5-13-14(6-8)7-2-3-9(11(15)16)10(12)4-7/h2-6H,1H3,(H,15,16). The molecule has 0 fully saturated rings. The first kappa shape index (κ1) is 13.8. The topological polar surface area (TPSA) is 89.3 Å². The van der Waals surface area contributed by atoms with Gasteiger partial charge in [-0.05, 0) is 34.1 Å². The van der Waals surface area contributed by atoms with Gasteiger partial charge in [0.2, 0.25) is 0 Å². The fraction of sp³-hybridized carbons (Fsp3) is 0.0909. The maximum absolute atomic E-state index is 11.3. The van der Waals surface area contributed by atoms with Crippen LogP contribution in [0.2, 0.25) is 0 Å². The lowest BCUT2D eigenvalue weighted by molar-refractivity contribution is 0.0696. The summed E-state index contributed by atoms with van der Waals surface area (Å²) in [5.41, 5.74) is 0.686. The van der Waals surface area contributed by atoms with Crippen molar-refractivity contribution in [2.24, 2.45) is 0 Å². The van der Waals surface area contributed by atoms with Crippen molar-refractivity contribution in [3.05, 3.63) is 40.6 Å². The van der Waals surface area contributed by atoms with Crippen LogP contribution in [-0.2, 0) is 9.84 Å². The SMILES string of the molecule is CS(=O)(=O)c1cnn(-c2ccc(C(=O)O)c(Br)c2)c1. The van der Waals surface area contributed by atoms with Gasteiger partial charge in [-0.25, -0.2) is 17.9 Å². The summed E-state index contributed by atoms with van der Waals surface area (Å²) in [5, 5.41) is 12.8. The normalized spacial score (nSPS) is 11.5. The third-order valence-corrected chi connectivity index (χ3v) is 4.16. The van der Waals surface area contributed by atoms with Gasteiger partial charge in [0.15, 0.2) is 9.84 Å². The Bertz CT molecular complexity index is 752. The Morgan fingerprint density at radius 2 is 2.11 bits per heavy atom. The fourth-order valence-electron chi connectivity index (χ4n) is 1.46. The average Bonchev–Trinajstić information content (AvgIpc) is 2.76. The predicted octanol–water partition coefficient (Wildman–Crippen LogP) is 1.74. The van der Waals surface area contributed by atoms with Crippen LogP contribution in [0.15, 0.2) is 40.0 Å². The van der Waals surface area contributed by atoms with Crippen molar-refractivity contribution >= 4 is 31.7 Å². The highest BCUT2D eigenvalue weighted by molar-refractivity contribution is 9.10. The molecule has 19 heavy (non-hydrogen) atoms. The van der Waals surface area contributed by atoms with Crippen molar-refractivity contribution in [1.29, 1.82) is 0 Å². The third kappa shape index (κ3) is 2.85. The van der Waals surface area contributed by atoms with E-state index < -0.39 is 15.8 Å². The van der Waals surface area contributed by atoms with E-state index >= 15 is 0 Å². The molecule has 1 heterocycles. The molecule has 0 radical (unpaired) electrons. The van der Waals surface area contributed by atoms with Crippen LogP contribution in [-0.4, -0.2) is 35.5 Å². The number of hydrogen-bond donors (Lipinski definition) is 1. The molecule has 0 atom stereocenters. The van der Waals surface area contributed by atoms with Gasteiger partial charge in [0.05, 0.1) is 17.4 Å². The van der Waals surface area contributed by atoms with E-state index in [1.54, 1.807) is 12.1 Å². The predicted molar refractivity (Wildman–Crippen MR) is 71.3 cm³/mol. The summed E-state index contributed by atoms with van der Waals surface area (Å²) in [6, 6.07) is 4.53. The molecule has 0 bridgehead atoms. The smallest absolute Gasteiger partial charge is 0.336 e. The average molecular weight is 345 g/mol. The number of aromatic carboxylic acids is 1. The molecule has 0 spiro atoms. The molecule has 6 nitrogen and oxygen atoms in total. The van der Waals surface area contributed by atoms with Crippen LogP contribution in [0.25, 0.3) is 5.69 Å². The lowest BCUT2D eigenvalue weighted by Crippen LogP contribution is -2.00. The molecule has 0 aliphatic heterocycles. The summed E-state index contributed by atoms with van der Waals surface area (Å²) < 4.78 is 24.5. The minimum absolute atomic E-state index is 0.103. The van der Waals surface area contributed by atoms with Gasteiger partial charge < -0.3 is 5.11 Å². The molecule has 0 saturated heterocycles. The van der Waals surface area contributed by atoms with Crippen LogP contribution in [0.1, 0.15) is 10.4 Å². The van der Waals surface area contributed by atoms with Gasteiger partial charge in [-0.1, -0.05) is 0 Å². The second-order valence-electron chi connectivity index (χ2n) is 3.86. The van der Waals surface area contributed by atoms with Crippen molar-refractivity contribution in [2.75, 3.05) is 6.26 Å². The second-order valence-corrected chi connectivity index (χ2v) is 6.73. The molecule has 100 valence electrons. The first-order chi connectivity index (χ1) is 8.79. The molecule has 1 aromatic carbocycles. The monoisotopic (exact) mass is 344 g/mol. The first-order valence-corrected chi connectivity index (χ1v) is 7.75. The number of carboxylic acid groups (broad SMARTS) is 1. The molecule has 0 amide bonds. The number of hydrogen-bond acceptors (Lipinski definition) is 4. The number of benzene rings is 1. The van der Waals surface area contributed by atoms with Gasteiger partial charge in [-0.3, -0.25) is 0 Å². The molecule has 2 rings (SSSR count). The van der Waals surface area contributed by atoms with Gasteiger partial charge >= 0.3 is 5.97 Å². The number of nitrogens with zero attached hydrogens (tertiary/aromatic N) is 2. The Labute approximate surface area is 117 Å². The number of aromatic nitrogens is 2. The molecule has 1 aromatic heterocycles. The van der Waals surface area contributed by atoms with Gasteiger partial charge in [0.1, 0.15) is 4.90 Å². The summed E-state index contributed by atoms with van der Waals surface area (Å²) in [4.78, 5) is 11.0. The minimum Gasteiger partial charge on any atom is -0.478 e. The van der Waals surface area contributed by atoms with Crippen molar-refractivity contribution in [3.63, 3.8) is 0 Å². The van der Waals surface area contributed by atoms with Crippen LogP contribution >= 0.6 is 15.9 Å². The molecule has 0 aliphatic rings. The number of rotatable bonds is 3. The summed E-state index contributed by atoms with van der Waals surface area (Å²) in [6.45, 7) is 0. The highest BCUT2D eigenvalue weighted by Gasteiger charge is 2.13. The maximum Gasteiger partial charge on any atom is 0.336 e. The number of carboxylic acids is 1. The van der Waals surface area contributed by atoms with Crippen LogP contribution < -0.4 is 0 Å². The van der Waals surface area contributed by atoms with Crippen molar-refractivity contribution in [2.45, 2.75) is 4.90 Å². The molecule has 2 aromatic rings. The maximum atomic E-state index is 11.3. The summed E-state index contributed by atoms with van der Waals surface area (Å²) >= 11 is 3.15. The second kappa shape index (κ2) is 4.78. The summed E-state index contributed by atoms with van der Waals surface area (Å²) in [5.74, 6) is -1.05. The van der Waals surface area contributed by atoms with Gasteiger partial charge in [0, 0.05) is 16.9 Å². The Balaban J connectivity index is 2.46. The van der Waals surface area contributed by atoms with E-state index in [4.69, 9.17) is 5.11 Å². The zero-order valence-electron chi connectivity index (χ0n) is 9.74. The molecule has 1 N–H and O–H groups in total. The van der Waals surface area contributed by atoms with Gasteiger partial charge in [-0.15, -0.1) is 0 Å². The minimum atomic E-state index is -3.31. The molecule has 0 aliphatic carbocycles. The lowest BCUT2D eigenvalue weighted by Gasteiger charge is -2.04. The van der Waals surface area contributed by atoms with Crippen LogP contribution in [0.4, 0.5) is 0 Å². The highest BCUT2D eigenvalue weighted by Crippen LogP contribution is 2.21. The molecule has 0 saturated carbocycles. The zero-order chi connectivity index (χ0) is 14.2. The van der Waals surface area contributed by atoms with E-state index in [9.17, 15) is 13.2 Å². The Hall–Kier alpha value is -1.67. The molecular formula is C11H9BrN2O4S. The van der Waals surface area contributed by atoms with E-state index in [2.05, 4.69) is 21.0 Å². The van der Waals surface area contributed by atoms with E-state index in [1.807, 2.05) is 0 Å². The van der Waals surface area contributed by atoms with Gasteiger partial charge in [-0.2, -0.15) is 5.10 Å². The van der Waals surface area contributed by atoms with Crippen LogP contribution in [0.5, 0.6) is 0 Å². The third-order valence-electron chi connectivity index (χ3n) is 2.43. The van der Waals surface area contributed by atoms with Gasteiger partial charge in [0.25, 0.3) is 0 Å². The molecule has 0 unspecified atom stereocenters. The van der Waals surface area contributed by atoms with E-state index in [-0.39, 0.29) is 10.5 Å². The highest BCUT2D eigenvalue weighted by atomic mass is 79.9. The van der Waals surface area contributed by atoms with Crippen molar-refractivity contribution in [3.8, 4) is 5.69 Å². The van der Waals surface area contributed by atoms with Crippen LogP contribution in [0, 0.1) is 0 Å². The van der Waals surface area contributed by atoms with Crippen molar-refractivity contribution < 1.29 is 18.3 Å². The Morgan fingerprint density at radius 1 is 1.42 bits per heavy atom. The first-order valence-electron chi connectivity index (χ1n) is 5.07. The number of halogens is 1. The Kier molecular flexibility index (Phi) is 3.46. The lowest BCUT2D eigenvalue weighted by atomic mass is 10.2. The van der Waals surface area contributed by atoms with E-state index in [1.165, 1.54) is 23.1 Å². The van der Waals surface area contributed by atoms with Crippen molar-refractivity contribution in [1.82, 2.24) is 9.78 Å². The summed E-state index contributed by atoms with van der Waals surface area (Å²) in [6.07, 6.45) is 3.71. The Morgan fingerprint density at radius 3 is 2.58 bits per heavy atom. The summed E-state index contributed by atoms with van der Waals surface area (Å²) in [7, 11) is -3.31. The quantitative estimate of drug-likeness (QED) is 0.915. The molecule has 8 heteroatoms. The largest absolute Gasteiger partial charge is 0.478 e. The van der Waals surface area contributed by atoms with E-state index in [0.29, 0.717) is 10.2 Å².